The van der Waals surface area contributed by atoms with Crippen LogP contribution in [0.4, 0.5) is 0 Å². The van der Waals surface area contributed by atoms with E-state index in [4.69, 9.17) is 10.5 Å². The van der Waals surface area contributed by atoms with E-state index in [1.807, 2.05) is 19.1 Å². The van der Waals surface area contributed by atoms with Gasteiger partial charge in [-0.25, -0.2) is 0 Å². The highest BCUT2D eigenvalue weighted by molar-refractivity contribution is 9.11. The van der Waals surface area contributed by atoms with Crippen LogP contribution in [0, 0.1) is 29.6 Å². The fourth-order valence-corrected chi connectivity index (χ4v) is 3.95. The molecule has 0 saturated heterocycles. The van der Waals surface area contributed by atoms with E-state index in [2.05, 4.69) is 28.1 Å². The molecule has 0 atom stereocenters. The van der Waals surface area contributed by atoms with Crippen LogP contribution in [0.3, 0.4) is 0 Å². The molecule has 0 aromatic carbocycles. The molecule has 0 bridgehead atoms. The topological polar surface area (TPSA) is 47.6 Å². The Labute approximate surface area is 110 Å². The van der Waals surface area contributed by atoms with Gasteiger partial charge in [0.05, 0.1) is 19.8 Å². The van der Waals surface area contributed by atoms with Gasteiger partial charge in [0.25, 0.3) is 0 Å². The summed E-state index contributed by atoms with van der Waals surface area (Å²) in [7, 11) is 0. The summed E-state index contributed by atoms with van der Waals surface area (Å²) in [5, 5.41) is 18.1. The second-order valence-corrected chi connectivity index (χ2v) is 6.75. The van der Waals surface area contributed by atoms with Crippen LogP contribution in [-0.2, 0) is 0 Å². The number of aryl methyl sites for hydroxylation is 1. The lowest BCUT2D eigenvalue weighted by Crippen LogP contribution is -1.79. The van der Waals surface area contributed by atoms with Crippen molar-refractivity contribution in [1.29, 1.82) is 10.5 Å². The summed E-state index contributed by atoms with van der Waals surface area (Å²) in [6, 6.07) is 8.12. The number of halogens is 1. The van der Waals surface area contributed by atoms with Gasteiger partial charge in [-0.15, -0.1) is 22.7 Å². The molecule has 0 unspecified atom stereocenters. The summed E-state index contributed by atoms with van der Waals surface area (Å²) in [5.41, 5.74) is 1.01. The van der Waals surface area contributed by atoms with E-state index in [0.717, 1.165) is 18.4 Å². The average Bonchev–Trinajstić information content (AvgIpc) is 2.81. The maximum Gasteiger partial charge on any atom is 0.102 e. The molecular formula is C11H5BrN2S2. The van der Waals surface area contributed by atoms with Gasteiger partial charge < -0.3 is 0 Å². The molecule has 0 aliphatic rings. The minimum absolute atomic E-state index is 0.499. The number of thiophene rings is 2. The molecule has 0 aliphatic carbocycles. The maximum atomic E-state index is 9.11. The molecule has 16 heavy (non-hydrogen) atoms. The zero-order valence-electron chi connectivity index (χ0n) is 8.24. The summed E-state index contributed by atoms with van der Waals surface area (Å²) in [5.74, 6) is 0. The maximum absolute atomic E-state index is 9.11. The normalized spacial score (nSPS) is 9.75. The Morgan fingerprint density at radius 3 is 2.31 bits per heavy atom. The van der Waals surface area contributed by atoms with Crippen LogP contribution in [-0.4, -0.2) is 0 Å². The molecule has 0 radical (unpaired) electrons. The van der Waals surface area contributed by atoms with Gasteiger partial charge in [-0.1, -0.05) is 0 Å². The van der Waals surface area contributed by atoms with Gasteiger partial charge in [0.2, 0.25) is 0 Å². The zero-order valence-corrected chi connectivity index (χ0v) is 11.5. The van der Waals surface area contributed by atoms with Crippen LogP contribution in [0.5, 0.6) is 0 Å². The van der Waals surface area contributed by atoms with Crippen molar-refractivity contribution < 1.29 is 0 Å². The van der Waals surface area contributed by atoms with Crippen molar-refractivity contribution >= 4 is 38.6 Å². The van der Waals surface area contributed by atoms with Crippen molar-refractivity contribution in [3.8, 4) is 21.9 Å². The third-order valence-electron chi connectivity index (χ3n) is 2.10. The number of nitriles is 2. The summed E-state index contributed by atoms with van der Waals surface area (Å²) < 4.78 is 1.02. The third kappa shape index (κ3) is 1.78. The first kappa shape index (κ1) is 11.3. The fraction of sp³-hybridized carbons (Fsp3) is 0.0909. The molecule has 0 fully saturated rings. The van der Waals surface area contributed by atoms with E-state index in [1.54, 1.807) is 11.3 Å². The number of nitrogens with zero attached hydrogens (tertiary/aromatic N) is 2. The first-order valence-electron chi connectivity index (χ1n) is 4.36. The predicted octanol–water partition coefficient (Wildman–Crippen LogP) is 4.29. The second kappa shape index (κ2) is 4.39. The van der Waals surface area contributed by atoms with Crippen LogP contribution in [0.15, 0.2) is 15.9 Å². The predicted molar refractivity (Wildman–Crippen MR) is 69.5 cm³/mol. The van der Waals surface area contributed by atoms with Crippen LogP contribution in [0.25, 0.3) is 9.75 Å². The monoisotopic (exact) mass is 308 g/mol. The third-order valence-corrected chi connectivity index (χ3v) is 5.01. The molecule has 78 valence electrons. The Morgan fingerprint density at radius 2 is 1.81 bits per heavy atom. The Balaban J connectivity index is 2.68. The Hall–Kier alpha value is -1.14. The Morgan fingerprint density at radius 1 is 1.12 bits per heavy atom. The van der Waals surface area contributed by atoms with E-state index in [0.29, 0.717) is 11.1 Å². The van der Waals surface area contributed by atoms with Gasteiger partial charge in [-0.3, -0.25) is 0 Å². The molecule has 2 aromatic heterocycles. The highest BCUT2D eigenvalue weighted by Gasteiger charge is 2.17. The minimum atomic E-state index is 0.499. The zero-order chi connectivity index (χ0) is 11.7. The molecule has 0 saturated carbocycles. The molecular weight excluding hydrogens is 304 g/mol. The highest BCUT2D eigenvalue weighted by atomic mass is 79.9. The van der Waals surface area contributed by atoms with Crippen molar-refractivity contribution in [1.82, 2.24) is 0 Å². The van der Waals surface area contributed by atoms with Gasteiger partial charge in [0.1, 0.15) is 12.1 Å². The Kier molecular flexibility index (Phi) is 3.11. The van der Waals surface area contributed by atoms with Crippen LogP contribution in [0.2, 0.25) is 0 Å². The van der Waals surface area contributed by atoms with Crippen LogP contribution < -0.4 is 0 Å². The van der Waals surface area contributed by atoms with E-state index >= 15 is 0 Å². The van der Waals surface area contributed by atoms with Gasteiger partial charge in [-0.2, -0.15) is 10.5 Å². The van der Waals surface area contributed by atoms with Gasteiger partial charge in [0, 0.05) is 9.75 Å². The first-order chi connectivity index (χ1) is 7.67. The van der Waals surface area contributed by atoms with Gasteiger partial charge in [-0.05, 0) is 35.0 Å². The van der Waals surface area contributed by atoms with Crippen molar-refractivity contribution in [2.75, 3.05) is 0 Å². The lowest BCUT2D eigenvalue weighted by molar-refractivity contribution is 1.43. The molecule has 2 nitrogen and oxygen atoms in total. The van der Waals surface area contributed by atoms with Gasteiger partial charge in [0.15, 0.2) is 0 Å². The smallest absolute Gasteiger partial charge is 0.102 e. The molecule has 0 aliphatic heterocycles. The molecule has 5 heteroatoms. The molecule has 0 spiro atoms. The standard InChI is InChI=1S/C11H5BrN2S2/c1-6-7(4-13)8(5-14)11(15-6)9-2-3-10(12)16-9/h2-3H,1H3. The summed E-state index contributed by atoms with van der Waals surface area (Å²) in [6.07, 6.45) is 0. The van der Waals surface area contributed by atoms with Crippen molar-refractivity contribution in [3.05, 3.63) is 31.9 Å². The Bertz CT molecular complexity index is 625. The SMILES string of the molecule is Cc1sc(-c2ccc(Br)s2)c(C#N)c1C#N. The van der Waals surface area contributed by atoms with Crippen molar-refractivity contribution in [2.45, 2.75) is 6.92 Å². The number of rotatable bonds is 1. The lowest BCUT2D eigenvalue weighted by atomic mass is 10.1. The summed E-state index contributed by atoms with van der Waals surface area (Å²) in [6.45, 7) is 1.87. The van der Waals surface area contributed by atoms with E-state index in [-0.39, 0.29) is 0 Å². The molecule has 2 heterocycles. The minimum Gasteiger partial charge on any atom is -0.192 e. The summed E-state index contributed by atoms with van der Waals surface area (Å²) >= 11 is 6.46. The highest BCUT2D eigenvalue weighted by Crippen LogP contribution is 2.40. The van der Waals surface area contributed by atoms with Crippen LogP contribution in [0.1, 0.15) is 16.0 Å². The van der Waals surface area contributed by atoms with E-state index in [9.17, 15) is 0 Å². The molecule has 0 amide bonds. The largest absolute Gasteiger partial charge is 0.192 e. The van der Waals surface area contributed by atoms with Crippen molar-refractivity contribution in [2.24, 2.45) is 0 Å². The van der Waals surface area contributed by atoms with E-state index < -0.39 is 0 Å². The quantitative estimate of drug-likeness (QED) is 0.789. The molecule has 2 rings (SSSR count). The molecule has 0 N–H and O–H groups in total. The summed E-state index contributed by atoms with van der Waals surface area (Å²) in [4.78, 5) is 2.82. The number of hydrogen-bond acceptors (Lipinski definition) is 4. The van der Waals surface area contributed by atoms with E-state index in [1.165, 1.54) is 11.3 Å². The average molecular weight is 309 g/mol. The first-order valence-corrected chi connectivity index (χ1v) is 6.79. The van der Waals surface area contributed by atoms with Gasteiger partial charge >= 0.3 is 0 Å². The lowest BCUT2D eigenvalue weighted by Gasteiger charge is -1.91. The number of hydrogen-bond donors (Lipinski definition) is 0. The molecule has 2 aromatic rings. The second-order valence-electron chi connectivity index (χ2n) is 3.06. The van der Waals surface area contributed by atoms with Crippen LogP contribution >= 0.6 is 38.6 Å². The van der Waals surface area contributed by atoms with Crippen molar-refractivity contribution in [3.63, 3.8) is 0 Å². The fourth-order valence-electron chi connectivity index (χ4n) is 1.40.